The number of hydrogen-bond donors (Lipinski definition) is 2. The first-order valence-electron chi connectivity index (χ1n) is 8.25. The Bertz CT molecular complexity index is 476. The number of benzene rings is 1. The third-order valence-corrected chi connectivity index (χ3v) is 3.69. The third-order valence-electron chi connectivity index (χ3n) is 3.69. The van der Waals surface area contributed by atoms with Gasteiger partial charge >= 0.3 is 12.0 Å². The Morgan fingerprint density at radius 1 is 1.13 bits per heavy atom. The van der Waals surface area contributed by atoms with Crippen LogP contribution in [0.2, 0.25) is 0 Å². The zero-order valence-corrected chi connectivity index (χ0v) is 14.3. The van der Waals surface area contributed by atoms with E-state index in [4.69, 9.17) is 4.74 Å². The van der Waals surface area contributed by atoms with Crippen molar-refractivity contribution in [3.05, 3.63) is 35.9 Å². The SMILES string of the molecule is CCCCCC(C)NC(=O)NC(Cc1ccccc1)C(=O)OC. The van der Waals surface area contributed by atoms with Crippen molar-refractivity contribution in [2.45, 2.75) is 58.0 Å². The Kier molecular flexibility index (Phi) is 8.80. The number of esters is 1. The van der Waals surface area contributed by atoms with Crippen LogP contribution in [0.15, 0.2) is 30.3 Å². The second kappa shape index (κ2) is 10.6. The molecule has 0 aliphatic carbocycles. The Labute approximate surface area is 138 Å². The first-order chi connectivity index (χ1) is 11.1. The van der Waals surface area contributed by atoms with Crippen LogP contribution in [-0.2, 0) is 16.0 Å². The van der Waals surface area contributed by atoms with Crippen molar-refractivity contribution in [3.63, 3.8) is 0 Å². The summed E-state index contributed by atoms with van der Waals surface area (Å²) in [6, 6.07) is 8.61. The largest absolute Gasteiger partial charge is 0.467 e. The van der Waals surface area contributed by atoms with Crippen molar-refractivity contribution in [1.82, 2.24) is 10.6 Å². The van der Waals surface area contributed by atoms with Crippen molar-refractivity contribution in [1.29, 1.82) is 0 Å². The molecule has 128 valence electrons. The van der Waals surface area contributed by atoms with E-state index in [1.165, 1.54) is 7.11 Å². The number of amides is 2. The topological polar surface area (TPSA) is 67.4 Å². The molecule has 0 bridgehead atoms. The number of nitrogens with one attached hydrogen (secondary N) is 2. The molecule has 23 heavy (non-hydrogen) atoms. The highest BCUT2D eigenvalue weighted by atomic mass is 16.5. The molecular weight excluding hydrogens is 292 g/mol. The van der Waals surface area contributed by atoms with Crippen LogP contribution < -0.4 is 10.6 Å². The van der Waals surface area contributed by atoms with Crippen LogP contribution in [-0.4, -0.2) is 31.2 Å². The average Bonchev–Trinajstić information content (AvgIpc) is 2.54. The first-order valence-corrected chi connectivity index (χ1v) is 8.25. The first kappa shape index (κ1) is 19.0. The fraction of sp³-hybridized carbons (Fsp3) is 0.556. The highest BCUT2D eigenvalue weighted by Gasteiger charge is 2.22. The second-order valence-electron chi connectivity index (χ2n) is 5.78. The van der Waals surface area contributed by atoms with Gasteiger partial charge in [0.15, 0.2) is 0 Å². The van der Waals surface area contributed by atoms with E-state index in [9.17, 15) is 9.59 Å². The quantitative estimate of drug-likeness (QED) is 0.543. The average molecular weight is 320 g/mol. The molecule has 1 aromatic rings. The number of methoxy groups -OCH3 is 1. The molecule has 0 aromatic heterocycles. The molecule has 0 heterocycles. The van der Waals surface area contributed by atoms with Gasteiger partial charge in [0.2, 0.25) is 0 Å². The lowest BCUT2D eigenvalue weighted by molar-refractivity contribution is -0.142. The van der Waals surface area contributed by atoms with Gasteiger partial charge in [0, 0.05) is 12.5 Å². The van der Waals surface area contributed by atoms with E-state index in [2.05, 4.69) is 17.6 Å². The predicted molar refractivity (Wildman–Crippen MR) is 91.2 cm³/mol. The maximum absolute atomic E-state index is 12.1. The minimum absolute atomic E-state index is 0.0802. The molecule has 5 nitrogen and oxygen atoms in total. The summed E-state index contributed by atoms with van der Waals surface area (Å²) in [6.07, 6.45) is 4.74. The van der Waals surface area contributed by atoms with E-state index < -0.39 is 12.0 Å². The lowest BCUT2D eigenvalue weighted by Crippen LogP contribution is -2.49. The van der Waals surface area contributed by atoms with Gasteiger partial charge in [-0.15, -0.1) is 0 Å². The van der Waals surface area contributed by atoms with Crippen molar-refractivity contribution in [2.75, 3.05) is 7.11 Å². The van der Waals surface area contributed by atoms with Crippen molar-refractivity contribution >= 4 is 12.0 Å². The zero-order chi connectivity index (χ0) is 17.1. The number of unbranched alkanes of at least 4 members (excludes halogenated alkanes) is 2. The van der Waals surface area contributed by atoms with Crippen LogP contribution in [0.25, 0.3) is 0 Å². The van der Waals surface area contributed by atoms with Gasteiger partial charge in [-0.3, -0.25) is 0 Å². The van der Waals surface area contributed by atoms with Crippen LogP contribution in [0.1, 0.15) is 45.1 Å². The predicted octanol–water partition coefficient (Wildman–Crippen LogP) is 3.04. The minimum Gasteiger partial charge on any atom is -0.467 e. The maximum Gasteiger partial charge on any atom is 0.328 e. The summed E-state index contributed by atoms with van der Waals surface area (Å²) in [4.78, 5) is 24.0. The van der Waals surface area contributed by atoms with Gasteiger partial charge < -0.3 is 15.4 Å². The van der Waals surface area contributed by atoms with Crippen LogP contribution in [0.4, 0.5) is 4.79 Å². The summed E-state index contributed by atoms with van der Waals surface area (Å²) in [5.74, 6) is -0.442. The standard InChI is InChI=1S/C18H28N2O3/c1-4-5-7-10-14(2)19-18(22)20-16(17(21)23-3)13-15-11-8-6-9-12-15/h6,8-9,11-12,14,16H,4-5,7,10,13H2,1-3H3,(H2,19,20,22). The Morgan fingerprint density at radius 2 is 1.83 bits per heavy atom. The summed E-state index contributed by atoms with van der Waals surface area (Å²) >= 11 is 0. The van der Waals surface area contributed by atoms with Crippen LogP contribution in [0, 0.1) is 0 Å². The van der Waals surface area contributed by atoms with Crippen LogP contribution >= 0.6 is 0 Å². The molecule has 1 rings (SSSR count). The highest BCUT2D eigenvalue weighted by Crippen LogP contribution is 2.05. The van der Waals surface area contributed by atoms with E-state index in [-0.39, 0.29) is 12.1 Å². The Balaban J connectivity index is 2.52. The third kappa shape index (κ3) is 7.68. The number of ether oxygens (including phenoxy) is 1. The number of carbonyl (C=O) groups is 2. The second-order valence-corrected chi connectivity index (χ2v) is 5.78. The normalized spacial score (nSPS) is 13.0. The van der Waals surface area contributed by atoms with Gasteiger partial charge in [-0.2, -0.15) is 0 Å². The van der Waals surface area contributed by atoms with E-state index in [0.29, 0.717) is 6.42 Å². The lowest BCUT2D eigenvalue weighted by Gasteiger charge is -2.19. The summed E-state index contributed by atoms with van der Waals surface area (Å²) in [5.41, 5.74) is 0.971. The molecule has 2 unspecified atom stereocenters. The van der Waals surface area contributed by atoms with Crippen molar-refractivity contribution in [3.8, 4) is 0 Å². The van der Waals surface area contributed by atoms with Gasteiger partial charge in [-0.1, -0.05) is 56.5 Å². The van der Waals surface area contributed by atoms with E-state index in [0.717, 1.165) is 31.2 Å². The Morgan fingerprint density at radius 3 is 2.43 bits per heavy atom. The van der Waals surface area contributed by atoms with E-state index >= 15 is 0 Å². The van der Waals surface area contributed by atoms with Gasteiger partial charge in [0.1, 0.15) is 6.04 Å². The number of urea groups is 1. The van der Waals surface area contributed by atoms with E-state index in [1.54, 1.807) is 0 Å². The number of rotatable bonds is 9. The summed E-state index contributed by atoms with van der Waals surface area (Å²) in [7, 11) is 1.33. The van der Waals surface area contributed by atoms with Gasteiger partial charge in [0.25, 0.3) is 0 Å². The molecular formula is C18H28N2O3. The van der Waals surface area contributed by atoms with Gasteiger partial charge in [-0.25, -0.2) is 9.59 Å². The molecule has 0 aliphatic heterocycles. The highest BCUT2D eigenvalue weighted by molar-refractivity contribution is 5.83. The van der Waals surface area contributed by atoms with Gasteiger partial charge in [0.05, 0.1) is 7.11 Å². The molecule has 2 N–H and O–H groups in total. The van der Waals surface area contributed by atoms with Crippen LogP contribution in [0.3, 0.4) is 0 Å². The summed E-state index contributed by atoms with van der Waals surface area (Å²) < 4.78 is 4.79. The van der Waals surface area contributed by atoms with E-state index in [1.807, 2.05) is 37.3 Å². The van der Waals surface area contributed by atoms with Crippen molar-refractivity contribution < 1.29 is 14.3 Å². The molecule has 5 heteroatoms. The minimum atomic E-state index is -0.690. The summed E-state index contributed by atoms with van der Waals surface area (Å²) in [5, 5.41) is 5.59. The molecule has 0 saturated heterocycles. The Hall–Kier alpha value is -2.04. The fourth-order valence-corrected chi connectivity index (χ4v) is 2.38. The molecule has 1 aromatic carbocycles. The number of hydrogen-bond acceptors (Lipinski definition) is 3. The molecule has 0 radical (unpaired) electrons. The smallest absolute Gasteiger partial charge is 0.328 e. The molecule has 0 spiro atoms. The lowest BCUT2D eigenvalue weighted by atomic mass is 10.1. The molecule has 0 aliphatic rings. The molecule has 0 saturated carbocycles. The molecule has 2 atom stereocenters. The maximum atomic E-state index is 12.1. The van der Waals surface area contributed by atoms with Gasteiger partial charge in [-0.05, 0) is 18.9 Å². The molecule has 2 amide bonds. The number of carbonyl (C=O) groups excluding carboxylic acids is 2. The molecule has 0 fully saturated rings. The monoisotopic (exact) mass is 320 g/mol. The van der Waals surface area contributed by atoms with Crippen LogP contribution in [0.5, 0.6) is 0 Å². The van der Waals surface area contributed by atoms with Crippen molar-refractivity contribution in [2.24, 2.45) is 0 Å². The fourth-order valence-electron chi connectivity index (χ4n) is 2.38. The summed E-state index contributed by atoms with van der Waals surface area (Å²) in [6.45, 7) is 4.12. The zero-order valence-electron chi connectivity index (χ0n) is 14.3.